The van der Waals surface area contributed by atoms with Crippen LogP contribution in [-0.2, 0) is 23.9 Å². The molecule has 1 rings (SSSR count). The van der Waals surface area contributed by atoms with Gasteiger partial charge in [0.1, 0.15) is 17.7 Å². The Balaban J connectivity index is 3.23. The van der Waals surface area contributed by atoms with Crippen LogP contribution in [0.3, 0.4) is 0 Å². The van der Waals surface area contributed by atoms with Gasteiger partial charge < -0.3 is 25.0 Å². The molecule has 0 spiro atoms. The van der Waals surface area contributed by atoms with E-state index in [1.165, 1.54) is 11.9 Å². The maximum atomic E-state index is 13.6. The first kappa shape index (κ1) is 29.9. The van der Waals surface area contributed by atoms with Gasteiger partial charge in [0, 0.05) is 13.6 Å². The first-order valence-electron chi connectivity index (χ1n) is 11.9. The van der Waals surface area contributed by atoms with Gasteiger partial charge in [0.2, 0.25) is 11.8 Å². The zero-order valence-electron chi connectivity index (χ0n) is 22.5. The molecule has 2 atom stereocenters. The number of rotatable bonds is 10. The number of aryl methyl sites for hydroxylation is 1. The molecule has 2 N–H and O–H groups in total. The van der Waals surface area contributed by atoms with E-state index in [9.17, 15) is 19.2 Å². The Morgan fingerprint density at radius 1 is 1.09 bits per heavy atom. The molecule has 1 aromatic carbocycles. The van der Waals surface area contributed by atoms with Crippen molar-refractivity contribution < 1.29 is 28.7 Å². The molecule has 0 saturated carbocycles. The number of alkyl carbamates (subject to hydrolysis) is 1. The number of nitrogens with one attached hydrogen (secondary N) is 2. The molecule has 3 amide bonds. The van der Waals surface area contributed by atoms with Gasteiger partial charge in [-0.25, -0.2) is 4.79 Å². The highest BCUT2D eigenvalue weighted by Gasteiger charge is 2.36. The summed E-state index contributed by atoms with van der Waals surface area (Å²) >= 11 is 0. The minimum atomic E-state index is -0.966. The highest BCUT2D eigenvalue weighted by atomic mass is 16.6. The van der Waals surface area contributed by atoms with Gasteiger partial charge in [-0.2, -0.15) is 0 Å². The first-order chi connectivity index (χ1) is 16.2. The second kappa shape index (κ2) is 13.1. The van der Waals surface area contributed by atoms with Crippen LogP contribution >= 0.6 is 0 Å². The number of nitrogens with zero attached hydrogens (tertiary/aromatic N) is 1. The summed E-state index contributed by atoms with van der Waals surface area (Å²) < 4.78 is 10.2. The molecule has 0 radical (unpaired) electrons. The SMILES string of the molecule is CCOC(=O)CCNC(=O)C(c1cccc(C)c1C)N(C)C(=O)C(NC(=O)OC(C)(C)C)C(C)C. The summed E-state index contributed by atoms with van der Waals surface area (Å²) in [5.74, 6) is -1.54. The minimum absolute atomic E-state index is 0.0194. The van der Waals surface area contributed by atoms with Crippen LogP contribution in [0.5, 0.6) is 0 Å². The minimum Gasteiger partial charge on any atom is -0.466 e. The van der Waals surface area contributed by atoms with Gasteiger partial charge >= 0.3 is 12.1 Å². The summed E-state index contributed by atoms with van der Waals surface area (Å²) in [5, 5.41) is 5.40. The summed E-state index contributed by atoms with van der Waals surface area (Å²) in [5.41, 5.74) is 1.79. The fraction of sp³-hybridized carbons (Fsp3) is 0.615. The summed E-state index contributed by atoms with van der Waals surface area (Å²) in [4.78, 5) is 52.3. The van der Waals surface area contributed by atoms with Crippen molar-refractivity contribution in [3.8, 4) is 0 Å². The van der Waals surface area contributed by atoms with Gasteiger partial charge in [-0.1, -0.05) is 32.0 Å². The van der Waals surface area contributed by atoms with Crippen molar-refractivity contribution in [2.75, 3.05) is 20.2 Å². The Morgan fingerprint density at radius 3 is 2.26 bits per heavy atom. The van der Waals surface area contributed by atoms with E-state index < -0.39 is 41.6 Å². The second-order valence-electron chi connectivity index (χ2n) is 9.85. The molecule has 9 heteroatoms. The van der Waals surface area contributed by atoms with E-state index in [1.807, 2.05) is 26.0 Å². The molecular formula is C26H41N3O6. The van der Waals surface area contributed by atoms with E-state index >= 15 is 0 Å². The zero-order chi connectivity index (χ0) is 26.9. The summed E-state index contributed by atoms with van der Waals surface area (Å²) in [6, 6.07) is 3.68. The number of amides is 3. The summed E-state index contributed by atoms with van der Waals surface area (Å²) in [6.45, 7) is 14.7. The van der Waals surface area contributed by atoms with Crippen LogP contribution in [-0.4, -0.2) is 60.6 Å². The second-order valence-corrected chi connectivity index (χ2v) is 9.85. The molecule has 0 aliphatic carbocycles. The number of likely N-dealkylation sites (N-methyl/N-ethyl adjacent to an activating group) is 1. The Kier molecular flexibility index (Phi) is 11.2. The average Bonchev–Trinajstić information content (AvgIpc) is 2.73. The van der Waals surface area contributed by atoms with Gasteiger partial charge in [0.15, 0.2) is 0 Å². The summed E-state index contributed by atoms with van der Waals surface area (Å²) in [6.07, 6.45) is -0.689. The fourth-order valence-corrected chi connectivity index (χ4v) is 3.51. The lowest BCUT2D eigenvalue weighted by atomic mass is 9.94. The van der Waals surface area contributed by atoms with Crippen molar-refractivity contribution in [2.24, 2.45) is 5.92 Å². The number of hydrogen-bond acceptors (Lipinski definition) is 6. The van der Waals surface area contributed by atoms with Crippen LogP contribution in [0.4, 0.5) is 4.79 Å². The molecule has 0 aliphatic rings. The van der Waals surface area contributed by atoms with Crippen LogP contribution in [0.25, 0.3) is 0 Å². The van der Waals surface area contributed by atoms with Gasteiger partial charge in [0.25, 0.3) is 0 Å². The molecule has 0 fully saturated rings. The molecule has 0 aromatic heterocycles. The molecule has 35 heavy (non-hydrogen) atoms. The van der Waals surface area contributed by atoms with Crippen LogP contribution in [0.15, 0.2) is 18.2 Å². The number of carbonyl (C=O) groups is 4. The van der Waals surface area contributed by atoms with E-state index in [2.05, 4.69) is 10.6 Å². The standard InChI is InChI=1S/C26H41N3O6/c1-10-34-20(30)14-15-27-23(31)22(19-13-11-12-17(4)18(19)5)29(9)24(32)21(16(2)3)28-25(33)35-26(6,7)8/h11-13,16,21-22H,10,14-15H2,1-9H3,(H,27,31)(H,28,33). The van der Waals surface area contributed by atoms with Gasteiger partial charge in [-0.05, 0) is 64.2 Å². The van der Waals surface area contributed by atoms with Crippen molar-refractivity contribution in [1.29, 1.82) is 0 Å². The van der Waals surface area contributed by atoms with Crippen molar-refractivity contribution in [1.82, 2.24) is 15.5 Å². The lowest BCUT2D eigenvalue weighted by Gasteiger charge is -2.33. The molecular weight excluding hydrogens is 450 g/mol. The van der Waals surface area contributed by atoms with Crippen LogP contribution < -0.4 is 10.6 Å². The predicted octanol–water partition coefficient (Wildman–Crippen LogP) is 3.42. The Bertz CT molecular complexity index is 907. The van der Waals surface area contributed by atoms with E-state index in [4.69, 9.17) is 9.47 Å². The average molecular weight is 492 g/mol. The summed E-state index contributed by atoms with van der Waals surface area (Å²) in [7, 11) is 1.53. The topological polar surface area (TPSA) is 114 Å². The van der Waals surface area contributed by atoms with E-state index in [0.29, 0.717) is 5.56 Å². The largest absolute Gasteiger partial charge is 0.466 e. The maximum absolute atomic E-state index is 13.6. The van der Waals surface area contributed by atoms with Crippen molar-refractivity contribution in [2.45, 2.75) is 79.5 Å². The Labute approximate surface area is 208 Å². The number of ether oxygens (including phenoxy) is 2. The smallest absolute Gasteiger partial charge is 0.408 e. The zero-order valence-corrected chi connectivity index (χ0v) is 22.5. The van der Waals surface area contributed by atoms with Gasteiger partial charge in [-0.15, -0.1) is 0 Å². The molecule has 9 nitrogen and oxygen atoms in total. The van der Waals surface area contributed by atoms with E-state index in [0.717, 1.165) is 11.1 Å². The molecule has 2 unspecified atom stereocenters. The molecule has 196 valence electrons. The highest BCUT2D eigenvalue weighted by molar-refractivity contribution is 5.92. The third kappa shape index (κ3) is 9.22. The molecule has 1 aromatic rings. The lowest BCUT2D eigenvalue weighted by molar-refractivity contribution is -0.144. The number of hydrogen-bond donors (Lipinski definition) is 2. The van der Waals surface area contributed by atoms with Gasteiger partial charge in [-0.3, -0.25) is 14.4 Å². The van der Waals surface area contributed by atoms with Gasteiger partial charge in [0.05, 0.1) is 13.0 Å². The highest BCUT2D eigenvalue weighted by Crippen LogP contribution is 2.27. The van der Waals surface area contributed by atoms with Crippen molar-refractivity contribution >= 4 is 23.9 Å². The van der Waals surface area contributed by atoms with Crippen LogP contribution in [0.2, 0.25) is 0 Å². The van der Waals surface area contributed by atoms with E-state index in [-0.39, 0.29) is 25.5 Å². The maximum Gasteiger partial charge on any atom is 0.408 e. The Morgan fingerprint density at radius 2 is 1.71 bits per heavy atom. The number of benzene rings is 1. The predicted molar refractivity (Wildman–Crippen MR) is 134 cm³/mol. The fourth-order valence-electron chi connectivity index (χ4n) is 3.51. The van der Waals surface area contributed by atoms with Crippen molar-refractivity contribution in [3.63, 3.8) is 0 Å². The Hall–Kier alpha value is -3.10. The van der Waals surface area contributed by atoms with Crippen LogP contribution in [0.1, 0.15) is 70.7 Å². The number of carbonyl (C=O) groups excluding carboxylic acids is 4. The van der Waals surface area contributed by atoms with Crippen LogP contribution in [0, 0.1) is 19.8 Å². The quantitative estimate of drug-likeness (QED) is 0.485. The lowest BCUT2D eigenvalue weighted by Crippen LogP contribution is -2.53. The third-order valence-electron chi connectivity index (χ3n) is 5.46. The molecule has 0 heterocycles. The number of esters is 1. The monoisotopic (exact) mass is 491 g/mol. The molecule has 0 saturated heterocycles. The molecule has 0 bridgehead atoms. The first-order valence-corrected chi connectivity index (χ1v) is 11.9. The normalized spacial score (nSPS) is 13.0. The third-order valence-corrected chi connectivity index (χ3v) is 5.46. The molecule has 0 aliphatic heterocycles. The van der Waals surface area contributed by atoms with E-state index in [1.54, 1.807) is 47.6 Å². The van der Waals surface area contributed by atoms with Crippen molar-refractivity contribution in [3.05, 3.63) is 34.9 Å².